The summed E-state index contributed by atoms with van der Waals surface area (Å²) in [6, 6.07) is 0. The largest absolute Gasteiger partial charge is 0.376 e. The molecule has 2 unspecified atom stereocenters. The van der Waals surface area contributed by atoms with Gasteiger partial charge in [0.2, 0.25) is 0 Å². The van der Waals surface area contributed by atoms with Gasteiger partial charge in [0.1, 0.15) is 0 Å². The van der Waals surface area contributed by atoms with Crippen LogP contribution in [0.4, 0.5) is 0 Å². The van der Waals surface area contributed by atoms with Gasteiger partial charge >= 0.3 is 0 Å². The van der Waals surface area contributed by atoms with Crippen molar-refractivity contribution >= 4 is 0 Å². The van der Waals surface area contributed by atoms with Gasteiger partial charge in [-0.15, -0.1) is 0 Å². The lowest BCUT2D eigenvalue weighted by Crippen LogP contribution is -2.57. The smallest absolute Gasteiger partial charge is 0.0700 e. The number of ether oxygens (including phenoxy) is 1. The van der Waals surface area contributed by atoms with Crippen molar-refractivity contribution in [2.24, 2.45) is 5.73 Å². The number of nitrogens with zero attached hydrogens (tertiary/aromatic N) is 1. The summed E-state index contributed by atoms with van der Waals surface area (Å²) >= 11 is 0. The predicted octanol–water partition coefficient (Wildman–Crippen LogP) is 3.18. The van der Waals surface area contributed by atoms with Crippen molar-refractivity contribution in [1.82, 2.24) is 4.90 Å². The van der Waals surface area contributed by atoms with E-state index in [9.17, 15) is 0 Å². The summed E-state index contributed by atoms with van der Waals surface area (Å²) in [6.07, 6.45) is 9.45. The zero-order valence-electron chi connectivity index (χ0n) is 13.3. The molecule has 0 bridgehead atoms. The lowest BCUT2D eigenvalue weighted by Gasteiger charge is -2.45. The molecule has 1 saturated heterocycles. The first kappa shape index (κ1) is 16.9. The molecule has 0 radical (unpaired) electrons. The minimum atomic E-state index is 0.170. The predicted molar refractivity (Wildman–Crippen MR) is 82.4 cm³/mol. The van der Waals surface area contributed by atoms with Gasteiger partial charge in [-0.1, -0.05) is 46.0 Å². The Morgan fingerprint density at radius 1 is 1.21 bits per heavy atom. The van der Waals surface area contributed by atoms with Crippen LogP contribution in [-0.4, -0.2) is 42.8 Å². The molecule has 1 heterocycles. The van der Waals surface area contributed by atoms with E-state index in [1.54, 1.807) is 0 Å². The van der Waals surface area contributed by atoms with Crippen molar-refractivity contribution in [3.8, 4) is 0 Å². The number of nitrogens with two attached hydrogens (primary N) is 1. The van der Waals surface area contributed by atoms with E-state index >= 15 is 0 Å². The summed E-state index contributed by atoms with van der Waals surface area (Å²) in [7, 11) is 0. The Morgan fingerprint density at radius 2 is 1.95 bits per heavy atom. The molecular formula is C16H34N2O. The van der Waals surface area contributed by atoms with Gasteiger partial charge in [-0.05, 0) is 19.8 Å². The maximum atomic E-state index is 6.08. The fourth-order valence-corrected chi connectivity index (χ4v) is 2.96. The average Bonchev–Trinajstić information content (AvgIpc) is 2.47. The third-order valence-corrected chi connectivity index (χ3v) is 4.62. The molecular weight excluding hydrogens is 236 g/mol. The van der Waals surface area contributed by atoms with Gasteiger partial charge in [-0.3, -0.25) is 4.90 Å². The Hall–Kier alpha value is -0.120. The van der Waals surface area contributed by atoms with E-state index in [4.69, 9.17) is 10.5 Å². The van der Waals surface area contributed by atoms with Crippen molar-refractivity contribution in [2.45, 2.75) is 77.4 Å². The highest BCUT2D eigenvalue weighted by molar-refractivity contribution is 4.90. The summed E-state index contributed by atoms with van der Waals surface area (Å²) in [4.78, 5) is 2.57. The van der Waals surface area contributed by atoms with E-state index in [0.29, 0.717) is 6.10 Å². The normalized spacial score (nSPS) is 24.3. The second-order valence-electron chi connectivity index (χ2n) is 6.21. The standard InChI is InChI=1S/C16H34N2O/c1-4-6-7-8-9-10-16(3,14-17)18-11-12-19-15(5-2)13-18/h15H,4-14,17H2,1-3H3. The van der Waals surface area contributed by atoms with Crippen LogP contribution in [0, 0.1) is 0 Å². The van der Waals surface area contributed by atoms with Crippen molar-refractivity contribution in [3.63, 3.8) is 0 Å². The van der Waals surface area contributed by atoms with Gasteiger partial charge in [0.25, 0.3) is 0 Å². The van der Waals surface area contributed by atoms with E-state index in [1.807, 2.05) is 0 Å². The molecule has 1 rings (SSSR count). The molecule has 3 heteroatoms. The topological polar surface area (TPSA) is 38.5 Å². The summed E-state index contributed by atoms with van der Waals surface area (Å²) < 4.78 is 5.77. The number of hydrogen-bond donors (Lipinski definition) is 1. The Morgan fingerprint density at radius 3 is 2.58 bits per heavy atom. The summed E-state index contributed by atoms with van der Waals surface area (Å²) in [5.74, 6) is 0. The van der Waals surface area contributed by atoms with Crippen LogP contribution < -0.4 is 5.73 Å². The fraction of sp³-hybridized carbons (Fsp3) is 1.00. The average molecular weight is 270 g/mol. The first-order chi connectivity index (χ1) is 9.16. The molecule has 0 aliphatic carbocycles. The van der Waals surface area contributed by atoms with Crippen LogP contribution in [0.15, 0.2) is 0 Å². The van der Waals surface area contributed by atoms with Crippen LogP contribution in [0.1, 0.15) is 65.7 Å². The van der Waals surface area contributed by atoms with Gasteiger partial charge in [0, 0.05) is 25.2 Å². The van der Waals surface area contributed by atoms with Crippen LogP contribution in [0.5, 0.6) is 0 Å². The molecule has 0 aromatic carbocycles. The lowest BCUT2D eigenvalue weighted by atomic mass is 9.91. The van der Waals surface area contributed by atoms with E-state index in [2.05, 4.69) is 25.7 Å². The van der Waals surface area contributed by atoms with Crippen LogP contribution in [0.2, 0.25) is 0 Å². The first-order valence-electron chi connectivity index (χ1n) is 8.23. The number of rotatable bonds is 9. The maximum Gasteiger partial charge on any atom is 0.0700 e. The molecule has 19 heavy (non-hydrogen) atoms. The fourth-order valence-electron chi connectivity index (χ4n) is 2.96. The number of unbranched alkanes of at least 4 members (excludes halogenated alkanes) is 4. The van der Waals surface area contributed by atoms with Gasteiger partial charge < -0.3 is 10.5 Å². The lowest BCUT2D eigenvalue weighted by molar-refractivity contribution is -0.0672. The molecule has 0 amide bonds. The van der Waals surface area contributed by atoms with Gasteiger partial charge in [-0.2, -0.15) is 0 Å². The van der Waals surface area contributed by atoms with E-state index in [1.165, 1.54) is 38.5 Å². The van der Waals surface area contributed by atoms with Gasteiger partial charge in [0.15, 0.2) is 0 Å². The van der Waals surface area contributed by atoms with E-state index < -0.39 is 0 Å². The molecule has 1 aliphatic rings. The second kappa shape index (κ2) is 8.93. The zero-order valence-corrected chi connectivity index (χ0v) is 13.3. The molecule has 1 fully saturated rings. The van der Waals surface area contributed by atoms with Crippen LogP contribution >= 0.6 is 0 Å². The van der Waals surface area contributed by atoms with Gasteiger partial charge in [0.05, 0.1) is 12.7 Å². The third kappa shape index (κ3) is 5.41. The van der Waals surface area contributed by atoms with Crippen LogP contribution in [0.3, 0.4) is 0 Å². The first-order valence-corrected chi connectivity index (χ1v) is 8.23. The summed E-state index contributed by atoms with van der Waals surface area (Å²) in [5, 5.41) is 0. The van der Waals surface area contributed by atoms with Crippen LogP contribution in [-0.2, 0) is 4.74 Å². The molecule has 2 N–H and O–H groups in total. The molecule has 114 valence electrons. The molecule has 1 aliphatic heterocycles. The number of hydrogen-bond acceptors (Lipinski definition) is 3. The Kier molecular flexibility index (Phi) is 7.96. The third-order valence-electron chi connectivity index (χ3n) is 4.62. The minimum absolute atomic E-state index is 0.170. The molecule has 0 aromatic heterocycles. The second-order valence-corrected chi connectivity index (χ2v) is 6.21. The van der Waals surface area contributed by atoms with Gasteiger partial charge in [-0.25, -0.2) is 0 Å². The Labute approximate surface area is 119 Å². The molecule has 0 saturated carbocycles. The molecule has 0 aromatic rings. The highest BCUT2D eigenvalue weighted by atomic mass is 16.5. The summed E-state index contributed by atoms with van der Waals surface area (Å²) in [6.45, 7) is 10.5. The Balaban J connectivity index is 2.39. The van der Waals surface area contributed by atoms with E-state index in [0.717, 1.165) is 32.7 Å². The van der Waals surface area contributed by atoms with Crippen molar-refractivity contribution in [2.75, 3.05) is 26.2 Å². The van der Waals surface area contributed by atoms with Crippen molar-refractivity contribution < 1.29 is 4.74 Å². The highest BCUT2D eigenvalue weighted by Crippen LogP contribution is 2.25. The van der Waals surface area contributed by atoms with Crippen molar-refractivity contribution in [3.05, 3.63) is 0 Å². The minimum Gasteiger partial charge on any atom is -0.376 e. The molecule has 3 nitrogen and oxygen atoms in total. The SMILES string of the molecule is CCCCCCCC(C)(CN)N1CCOC(CC)C1. The number of morpholine rings is 1. The quantitative estimate of drug-likeness (QED) is 0.654. The molecule has 2 atom stereocenters. The molecule has 0 spiro atoms. The maximum absolute atomic E-state index is 6.08. The Bertz CT molecular complexity index is 235. The highest BCUT2D eigenvalue weighted by Gasteiger charge is 2.33. The summed E-state index contributed by atoms with van der Waals surface area (Å²) in [5.41, 5.74) is 6.25. The monoisotopic (exact) mass is 270 g/mol. The van der Waals surface area contributed by atoms with E-state index in [-0.39, 0.29) is 5.54 Å². The van der Waals surface area contributed by atoms with Crippen molar-refractivity contribution in [1.29, 1.82) is 0 Å². The zero-order chi connectivity index (χ0) is 14.1. The van der Waals surface area contributed by atoms with Crippen LogP contribution in [0.25, 0.3) is 0 Å².